The van der Waals surface area contributed by atoms with Gasteiger partial charge in [-0.25, -0.2) is 0 Å². The number of pyridine rings is 1. The fraction of sp³-hybridized carbons (Fsp3) is 0.385. The lowest BCUT2D eigenvalue weighted by molar-refractivity contribution is -0.126. The van der Waals surface area contributed by atoms with Crippen molar-refractivity contribution in [1.82, 2.24) is 9.88 Å². The van der Waals surface area contributed by atoms with E-state index in [-0.39, 0.29) is 11.9 Å². The van der Waals surface area contributed by atoms with Crippen LogP contribution < -0.4 is 5.73 Å². The van der Waals surface area contributed by atoms with Crippen LogP contribution in [0.1, 0.15) is 18.5 Å². The van der Waals surface area contributed by atoms with Gasteiger partial charge in [0.1, 0.15) is 0 Å². The van der Waals surface area contributed by atoms with Crippen molar-refractivity contribution in [2.45, 2.75) is 18.9 Å². The number of aromatic nitrogens is 1. The molecular formula is C13H17N3O. The van der Waals surface area contributed by atoms with Crippen molar-refractivity contribution in [3.63, 3.8) is 0 Å². The molecule has 1 aromatic heterocycles. The van der Waals surface area contributed by atoms with Crippen molar-refractivity contribution in [3.8, 4) is 0 Å². The number of carbonyl (C=O) groups excluding carboxylic acids is 1. The molecular weight excluding hydrogens is 214 g/mol. The van der Waals surface area contributed by atoms with Crippen LogP contribution in [0, 0.1) is 0 Å². The Kier molecular flexibility index (Phi) is 3.88. The van der Waals surface area contributed by atoms with Crippen molar-refractivity contribution in [2.75, 3.05) is 13.1 Å². The van der Waals surface area contributed by atoms with Gasteiger partial charge in [-0.15, -0.1) is 0 Å². The summed E-state index contributed by atoms with van der Waals surface area (Å²) in [4.78, 5) is 17.9. The fourth-order valence-corrected chi connectivity index (χ4v) is 2.10. The molecule has 0 aliphatic carbocycles. The average molecular weight is 231 g/mol. The monoisotopic (exact) mass is 231 g/mol. The Morgan fingerprint density at radius 1 is 1.59 bits per heavy atom. The molecule has 2 N–H and O–H groups in total. The average Bonchev–Trinajstić information content (AvgIpc) is 2.85. The normalized spacial score (nSPS) is 20.1. The largest absolute Gasteiger partial charge is 0.335 e. The smallest absolute Gasteiger partial charge is 0.246 e. The summed E-state index contributed by atoms with van der Waals surface area (Å²) in [6.07, 6.45) is 7.10. The van der Waals surface area contributed by atoms with Crippen LogP contribution in [0.4, 0.5) is 0 Å². The Balaban J connectivity index is 1.99. The van der Waals surface area contributed by atoms with Crippen LogP contribution in [0.5, 0.6) is 0 Å². The van der Waals surface area contributed by atoms with Crippen molar-refractivity contribution in [2.24, 2.45) is 5.73 Å². The Morgan fingerprint density at radius 3 is 3.18 bits per heavy atom. The Hall–Kier alpha value is -1.68. The number of amides is 1. The highest BCUT2D eigenvalue weighted by Gasteiger charge is 2.25. The summed E-state index contributed by atoms with van der Waals surface area (Å²) in [5.74, 6) is 0.0311. The molecule has 1 atom stereocenters. The van der Waals surface area contributed by atoms with E-state index < -0.39 is 0 Å². The minimum atomic E-state index is 0.0311. The van der Waals surface area contributed by atoms with E-state index in [1.54, 1.807) is 18.3 Å². The molecule has 90 valence electrons. The van der Waals surface area contributed by atoms with Crippen molar-refractivity contribution in [3.05, 3.63) is 36.2 Å². The molecule has 17 heavy (non-hydrogen) atoms. The summed E-state index contributed by atoms with van der Waals surface area (Å²) in [5, 5.41) is 0. The van der Waals surface area contributed by atoms with Crippen LogP contribution in [0.15, 0.2) is 30.5 Å². The SMILES string of the molecule is NCC1CCCN1C(=O)C=Cc1ccccn1. The molecule has 2 heterocycles. The zero-order chi connectivity index (χ0) is 12.1. The van der Waals surface area contributed by atoms with Gasteiger partial charge in [0, 0.05) is 31.4 Å². The van der Waals surface area contributed by atoms with Crippen molar-refractivity contribution < 1.29 is 4.79 Å². The van der Waals surface area contributed by atoms with E-state index in [0.717, 1.165) is 25.1 Å². The van der Waals surface area contributed by atoms with Gasteiger partial charge in [0.25, 0.3) is 0 Å². The lowest BCUT2D eigenvalue weighted by Crippen LogP contribution is -2.38. The van der Waals surface area contributed by atoms with Gasteiger partial charge in [0.2, 0.25) is 5.91 Å². The molecule has 1 saturated heterocycles. The summed E-state index contributed by atoms with van der Waals surface area (Å²) in [6, 6.07) is 5.82. The summed E-state index contributed by atoms with van der Waals surface area (Å²) in [5.41, 5.74) is 6.43. The first kappa shape index (κ1) is 11.8. The van der Waals surface area contributed by atoms with Crippen molar-refractivity contribution in [1.29, 1.82) is 0 Å². The van der Waals surface area contributed by atoms with Gasteiger partial charge in [0.05, 0.1) is 5.69 Å². The predicted octanol–water partition coefficient (Wildman–Crippen LogP) is 1.04. The molecule has 4 nitrogen and oxygen atoms in total. The summed E-state index contributed by atoms with van der Waals surface area (Å²) < 4.78 is 0. The summed E-state index contributed by atoms with van der Waals surface area (Å²) in [6.45, 7) is 1.36. The van der Waals surface area contributed by atoms with Gasteiger partial charge in [-0.05, 0) is 31.1 Å². The maximum absolute atomic E-state index is 11.9. The lowest BCUT2D eigenvalue weighted by atomic mass is 10.2. The lowest BCUT2D eigenvalue weighted by Gasteiger charge is -2.21. The number of carbonyl (C=O) groups is 1. The Bertz CT molecular complexity index is 402. The van der Waals surface area contributed by atoms with E-state index in [2.05, 4.69) is 4.98 Å². The molecule has 1 aliphatic heterocycles. The van der Waals surface area contributed by atoms with Crippen LogP contribution in [0.2, 0.25) is 0 Å². The number of hydrogen-bond acceptors (Lipinski definition) is 3. The van der Waals surface area contributed by atoms with Gasteiger partial charge in [0.15, 0.2) is 0 Å². The van der Waals surface area contributed by atoms with E-state index in [0.29, 0.717) is 6.54 Å². The second-order valence-electron chi connectivity index (χ2n) is 4.15. The standard InChI is InChI=1S/C13H17N3O/c14-10-12-5-3-9-16(12)13(17)7-6-11-4-1-2-8-15-11/h1-2,4,6-8,12H,3,5,9-10,14H2. The molecule has 0 spiro atoms. The first-order valence-corrected chi connectivity index (χ1v) is 5.91. The molecule has 1 fully saturated rings. The van der Waals surface area contributed by atoms with Crippen LogP contribution in [0.3, 0.4) is 0 Å². The minimum Gasteiger partial charge on any atom is -0.335 e. The molecule has 0 bridgehead atoms. The molecule has 1 amide bonds. The second-order valence-corrected chi connectivity index (χ2v) is 4.15. The molecule has 1 aliphatic rings. The molecule has 1 unspecified atom stereocenters. The predicted molar refractivity (Wildman–Crippen MR) is 67.1 cm³/mol. The highest BCUT2D eigenvalue weighted by Crippen LogP contribution is 2.16. The summed E-state index contributed by atoms with van der Waals surface area (Å²) in [7, 11) is 0. The fourth-order valence-electron chi connectivity index (χ4n) is 2.10. The first-order valence-electron chi connectivity index (χ1n) is 5.91. The third kappa shape index (κ3) is 2.91. The molecule has 0 aromatic carbocycles. The van der Waals surface area contributed by atoms with E-state index in [9.17, 15) is 4.79 Å². The van der Waals surface area contributed by atoms with Gasteiger partial charge in [-0.2, -0.15) is 0 Å². The molecule has 2 rings (SSSR count). The van der Waals surface area contributed by atoms with Gasteiger partial charge in [-0.3, -0.25) is 9.78 Å². The van der Waals surface area contributed by atoms with Crippen molar-refractivity contribution >= 4 is 12.0 Å². The third-order valence-electron chi connectivity index (χ3n) is 3.02. The highest BCUT2D eigenvalue weighted by atomic mass is 16.2. The van der Waals surface area contributed by atoms with Gasteiger partial charge >= 0.3 is 0 Å². The van der Waals surface area contributed by atoms with Crippen LogP contribution in [-0.4, -0.2) is 34.9 Å². The number of hydrogen-bond donors (Lipinski definition) is 1. The number of likely N-dealkylation sites (tertiary alicyclic amines) is 1. The summed E-state index contributed by atoms with van der Waals surface area (Å²) >= 11 is 0. The maximum Gasteiger partial charge on any atom is 0.246 e. The van der Waals surface area contributed by atoms with E-state index in [4.69, 9.17) is 5.73 Å². The van der Waals surface area contributed by atoms with E-state index in [1.807, 2.05) is 23.1 Å². The number of rotatable bonds is 3. The Morgan fingerprint density at radius 2 is 2.47 bits per heavy atom. The zero-order valence-electron chi connectivity index (χ0n) is 9.75. The van der Waals surface area contributed by atoms with Gasteiger partial charge < -0.3 is 10.6 Å². The number of nitrogens with zero attached hydrogens (tertiary/aromatic N) is 2. The van der Waals surface area contributed by atoms with E-state index in [1.165, 1.54) is 0 Å². The highest BCUT2D eigenvalue weighted by molar-refractivity contribution is 5.91. The number of nitrogens with two attached hydrogens (primary N) is 1. The topological polar surface area (TPSA) is 59.2 Å². The maximum atomic E-state index is 11.9. The van der Waals surface area contributed by atoms with Gasteiger partial charge in [-0.1, -0.05) is 6.07 Å². The van der Waals surface area contributed by atoms with Crippen LogP contribution >= 0.6 is 0 Å². The second kappa shape index (κ2) is 5.59. The quantitative estimate of drug-likeness (QED) is 0.791. The molecule has 4 heteroatoms. The van der Waals surface area contributed by atoms with Crippen LogP contribution in [-0.2, 0) is 4.79 Å². The molecule has 0 radical (unpaired) electrons. The zero-order valence-corrected chi connectivity index (χ0v) is 9.75. The Labute approximate surface area is 101 Å². The first-order chi connectivity index (χ1) is 8.31. The molecule has 0 saturated carbocycles. The molecule has 1 aromatic rings. The third-order valence-corrected chi connectivity index (χ3v) is 3.02. The van der Waals surface area contributed by atoms with E-state index >= 15 is 0 Å². The minimum absolute atomic E-state index is 0.0311. The van der Waals surface area contributed by atoms with Crippen LogP contribution in [0.25, 0.3) is 6.08 Å².